The zero-order chi connectivity index (χ0) is 19.8. The lowest BCUT2D eigenvalue weighted by atomic mass is 10.2. The van der Waals surface area contributed by atoms with E-state index in [0.29, 0.717) is 38.7 Å². The van der Waals surface area contributed by atoms with Gasteiger partial charge in [0.25, 0.3) is 11.1 Å². The van der Waals surface area contributed by atoms with E-state index in [2.05, 4.69) is 25.0 Å². The fourth-order valence-electron chi connectivity index (χ4n) is 3.06. The molecular formula is C20H14N6O2S. The second kappa shape index (κ2) is 7.02. The van der Waals surface area contributed by atoms with Crippen LogP contribution in [0.15, 0.2) is 75.5 Å². The predicted octanol–water partition coefficient (Wildman–Crippen LogP) is 2.64. The zero-order valence-corrected chi connectivity index (χ0v) is 15.8. The molecule has 142 valence electrons. The Morgan fingerprint density at radius 1 is 0.862 bits per heavy atom. The monoisotopic (exact) mass is 402 g/mol. The van der Waals surface area contributed by atoms with Crippen LogP contribution in [-0.4, -0.2) is 29.7 Å². The van der Waals surface area contributed by atoms with E-state index < -0.39 is 0 Å². The van der Waals surface area contributed by atoms with Gasteiger partial charge in [0.05, 0.1) is 28.5 Å². The summed E-state index contributed by atoms with van der Waals surface area (Å²) in [6, 6.07) is 16.7. The van der Waals surface area contributed by atoms with Crippen LogP contribution in [0.1, 0.15) is 5.82 Å². The highest BCUT2D eigenvalue weighted by Crippen LogP contribution is 2.19. The second-order valence-corrected chi connectivity index (χ2v) is 7.28. The molecule has 5 rings (SSSR count). The molecule has 2 aromatic carbocycles. The molecule has 0 spiro atoms. The number of nitrogens with one attached hydrogen (secondary N) is 2. The smallest absolute Gasteiger partial charge is 0.262 e. The molecule has 0 aliphatic rings. The molecule has 0 saturated heterocycles. The third kappa shape index (κ3) is 3.21. The van der Waals surface area contributed by atoms with E-state index in [1.807, 2.05) is 36.4 Å². The molecule has 29 heavy (non-hydrogen) atoms. The van der Waals surface area contributed by atoms with Crippen molar-refractivity contribution in [2.75, 3.05) is 0 Å². The Kier molecular flexibility index (Phi) is 4.21. The summed E-state index contributed by atoms with van der Waals surface area (Å²) in [4.78, 5) is 39.2. The molecule has 9 heteroatoms. The summed E-state index contributed by atoms with van der Waals surface area (Å²) in [5, 5.41) is 5.72. The lowest BCUT2D eigenvalue weighted by Crippen LogP contribution is -2.12. The zero-order valence-electron chi connectivity index (χ0n) is 15.0. The number of para-hydroxylation sites is 2. The van der Waals surface area contributed by atoms with E-state index in [1.165, 1.54) is 18.0 Å². The quantitative estimate of drug-likeness (QED) is 0.353. The van der Waals surface area contributed by atoms with Crippen LogP contribution >= 0.6 is 11.8 Å². The van der Waals surface area contributed by atoms with Gasteiger partial charge in [-0.2, -0.15) is 5.10 Å². The molecule has 0 atom stereocenters. The van der Waals surface area contributed by atoms with Crippen LogP contribution in [0.25, 0.3) is 27.6 Å². The first-order valence-corrected chi connectivity index (χ1v) is 9.82. The average Bonchev–Trinajstić information content (AvgIpc) is 3.18. The summed E-state index contributed by atoms with van der Waals surface area (Å²) in [6.45, 7) is 0. The van der Waals surface area contributed by atoms with Gasteiger partial charge in [-0.3, -0.25) is 9.59 Å². The van der Waals surface area contributed by atoms with Gasteiger partial charge in [-0.25, -0.2) is 14.6 Å². The number of hydrogen-bond acceptors (Lipinski definition) is 6. The second-order valence-electron chi connectivity index (χ2n) is 6.32. The maximum absolute atomic E-state index is 12.5. The van der Waals surface area contributed by atoms with Crippen molar-refractivity contribution in [2.45, 2.75) is 10.9 Å². The third-order valence-corrected chi connectivity index (χ3v) is 5.31. The van der Waals surface area contributed by atoms with Gasteiger partial charge in [0.15, 0.2) is 10.8 Å². The highest BCUT2D eigenvalue weighted by atomic mass is 32.2. The van der Waals surface area contributed by atoms with Crippen molar-refractivity contribution in [3.63, 3.8) is 0 Å². The SMILES string of the molecule is O=c1[nH]c(SCc2nc3c(cnn3-c3ccccc3)c(=O)[nH]2)nc2ccccc12. The van der Waals surface area contributed by atoms with Crippen molar-refractivity contribution in [3.05, 3.63) is 87.3 Å². The number of aromatic nitrogens is 6. The Bertz CT molecular complexity index is 1460. The Morgan fingerprint density at radius 3 is 2.48 bits per heavy atom. The lowest BCUT2D eigenvalue weighted by molar-refractivity contribution is 0.886. The minimum Gasteiger partial charge on any atom is -0.309 e. The van der Waals surface area contributed by atoms with Crippen LogP contribution in [0.5, 0.6) is 0 Å². The lowest BCUT2D eigenvalue weighted by Gasteiger charge is -2.05. The minimum atomic E-state index is -0.257. The summed E-state index contributed by atoms with van der Waals surface area (Å²) in [6.07, 6.45) is 1.51. The first-order chi connectivity index (χ1) is 14.2. The number of fused-ring (bicyclic) bond motifs is 2. The first kappa shape index (κ1) is 17.4. The van der Waals surface area contributed by atoms with E-state index in [4.69, 9.17) is 0 Å². The normalized spacial score (nSPS) is 11.3. The molecule has 0 amide bonds. The Hall–Kier alpha value is -3.72. The molecule has 2 N–H and O–H groups in total. The molecule has 0 aliphatic heterocycles. The fraction of sp³-hybridized carbons (Fsp3) is 0.0500. The van der Waals surface area contributed by atoms with Crippen LogP contribution in [0.2, 0.25) is 0 Å². The van der Waals surface area contributed by atoms with Gasteiger partial charge >= 0.3 is 0 Å². The largest absolute Gasteiger partial charge is 0.309 e. The van der Waals surface area contributed by atoms with Gasteiger partial charge in [0.2, 0.25) is 0 Å². The van der Waals surface area contributed by atoms with Gasteiger partial charge in [0.1, 0.15) is 11.2 Å². The van der Waals surface area contributed by atoms with Crippen LogP contribution in [0, 0.1) is 0 Å². The predicted molar refractivity (Wildman–Crippen MR) is 111 cm³/mol. The molecule has 3 aromatic heterocycles. The molecule has 5 aromatic rings. The maximum atomic E-state index is 12.5. The molecule has 0 bridgehead atoms. The van der Waals surface area contributed by atoms with Gasteiger partial charge < -0.3 is 9.97 Å². The standard InChI is InChI=1S/C20H14N6O2S/c27-18-13-8-4-5-9-15(13)22-20(25-18)29-11-16-23-17-14(19(28)24-16)10-21-26(17)12-6-2-1-3-7-12/h1-10H,11H2,(H,22,25,27)(H,23,24,28). The molecule has 0 unspecified atom stereocenters. The van der Waals surface area contributed by atoms with Crippen molar-refractivity contribution >= 4 is 33.7 Å². The van der Waals surface area contributed by atoms with Crippen LogP contribution in [0.4, 0.5) is 0 Å². The van der Waals surface area contributed by atoms with Crippen molar-refractivity contribution in [1.82, 2.24) is 29.7 Å². The number of hydrogen-bond donors (Lipinski definition) is 2. The number of aromatic amines is 2. The van der Waals surface area contributed by atoms with Crippen molar-refractivity contribution in [1.29, 1.82) is 0 Å². The van der Waals surface area contributed by atoms with E-state index in [1.54, 1.807) is 22.9 Å². The van der Waals surface area contributed by atoms with E-state index in [9.17, 15) is 9.59 Å². The molecule has 0 aliphatic carbocycles. The van der Waals surface area contributed by atoms with E-state index in [-0.39, 0.29) is 11.1 Å². The van der Waals surface area contributed by atoms with Crippen molar-refractivity contribution < 1.29 is 0 Å². The van der Waals surface area contributed by atoms with Gasteiger partial charge in [-0.1, -0.05) is 42.1 Å². The average molecular weight is 402 g/mol. The topological polar surface area (TPSA) is 109 Å². The summed E-state index contributed by atoms with van der Waals surface area (Å²) in [5.41, 5.74) is 1.47. The highest BCUT2D eigenvalue weighted by Gasteiger charge is 2.12. The highest BCUT2D eigenvalue weighted by molar-refractivity contribution is 7.98. The summed E-state index contributed by atoms with van der Waals surface area (Å²) >= 11 is 1.30. The minimum absolute atomic E-state index is 0.197. The van der Waals surface area contributed by atoms with Gasteiger partial charge in [-0.05, 0) is 24.3 Å². The molecule has 0 radical (unpaired) electrons. The Balaban J connectivity index is 1.50. The van der Waals surface area contributed by atoms with Crippen molar-refractivity contribution in [3.8, 4) is 5.69 Å². The number of benzene rings is 2. The molecular weight excluding hydrogens is 388 g/mol. The van der Waals surface area contributed by atoms with Crippen molar-refractivity contribution in [2.24, 2.45) is 0 Å². The van der Waals surface area contributed by atoms with E-state index in [0.717, 1.165) is 5.69 Å². The van der Waals surface area contributed by atoms with Gasteiger partial charge in [-0.15, -0.1) is 0 Å². The number of H-pyrrole nitrogens is 2. The number of thioether (sulfide) groups is 1. The van der Waals surface area contributed by atoms with E-state index >= 15 is 0 Å². The molecule has 0 saturated carbocycles. The van der Waals surface area contributed by atoms with Crippen LogP contribution < -0.4 is 11.1 Å². The fourth-order valence-corrected chi connectivity index (χ4v) is 3.80. The molecule has 8 nitrogen and oxygen atoms in total. The third-order valence-electron chi connectivity index (χ3n) is 4.42. The van der Waals surface area contributed by atoms with Crippen LogP contribution in [0.3, 0.4) is 0 Å². The maximum Gasteiger partial charge on any atom is 0.262 e. The van der Waals surface area contributed by atoms with Crippen LogP contribution in [-0.2, 0) is 5.75 Å². The molecule has 0 fully saturated rings. The van der Waals surface area contributed by atoms with Gasteiger partial charge in [0, 0.05) is 0 Å². The number of rotatable bonds is 4. The summed E-state index contributed by atoms with van der Waals surface area (Å²) in [5.74, 6) is 0.813. The Morgan fingerprint density at radius 2 is 1.62 bits per heavy atom. The molecule has 3 heterocycles. The summed E-state index contributed by atoms with van der Waals surface area (Å²) < 4.78 is 1.63. The number of nitrogens with zero attached hydrogens (tertiary/aromatic N) is 4. The Labute approximate surface area is 167 Å². The first-order valence-electron chi connectivity index (χ1n) is 8.83. The summed E-state index contributed by atoms with van der Waals surface area (Å²) in [7, 11) is 0.